The number of aromatic amines is 1. The molecule has 2 aromatic carbocycles. The standard InChI is InChI=1S/C14H8BrFN2O/c15-11-7-8(5-6-12(11)16)13-9-3-1-2-4-10(9)14(19)18-17-13/h1-7H,(H,18,19). The predicted octanol–water partition coefficient (Wildman–Crippen LogP) is 3.49. The third-order valence-corrected chi connectivity index (χ3v) is 3.50. The van der Waals surface area contributed by atoms with Crippen molar-refractivity contribution in [3.8, 4) is 11.3 Å². The van der Waals surface area contributed by atoms with Gasteiger partial charge in [0.05, 0.1) is 15.6 Å². The van der Waals surface area contributed by atoms with Gasteiger partial charge in [-0.25, -0.2) is 9.49 Å². The maximum Gasteiger partial charge on any atom is 0.272 e. The van der Waals surface area contributed by atoms with Gasteiger partial charge in [0.25, 0.3) is 5.56 Å². The van der Waals surface area contributed by atoms with Gasteiger partial charge >= 0.3 is 0 Å². The molecule has 3 rings (SSSR count). The highest BCUT2D eigenvalue weighted by Crippen LogP contribution is 2.27. The predicted molar refractivity (Wildman–Crippen MR) is 75.5 cm³/mol. The average molecular weight is 319 g/mol. The number of hydrogen-bond acceptors (Lipinski definition) is 2. The summed E-state index contributed by atoms with van der Waals surface area (Å²) in [6.45, 7) is 0. The fraction of sp³-hybridized carbons (Fsp3) is 0. The number of aromatic nitrogens is 2. The van der Waals surface area contributed by atoms with Gasteiger partial charge in [-0.05, 0) is 40.2 Å². The van der Waals surface area contributed by atoms with Crippen LogP contribution in [-0.4, -0.2) is 10.2 Å². The molecule has 0 unspecified atom stereocenters. The number of H-pyrrole nitrogens is 1. The van der Waals surface area contributed by atoms with Gasteiger partial charge in [0.1, 0.15) is 5.82 Å². The highest BCUT2D eigenvalue weighted by Gasteiger charge is 2.09. The number of fused-ring (bicyclic) bond motifs is 1. The zero-order valence-corrected chi connectivity index (χ0v) is 11.2. The summed E-state index contributed by atoms with van der Waals surface area (Å²) >= 11 is 3.15. The first-order valence-electron chi connectivity index (χ1n) is 5.59. The highest BCUT2D eigenvalue weighted by atomic mass is 79.9. The largest absolute Gasteiger partial charge is 0.272 e. The number of benzene rings is 2. The second-order valence-electron chi connectivity index (χ2n) is 4.08. The van der Waals surface area contributed by atoms with E-state index < -0.39 is 0 Å². The monoisotopic (exact) mass is 318 g/mol. The average Bonchev–Trinajstić information content (AvgIpc) is 2.43. The second kappa shape index (κ2) is 4.59. The van der Waals surface area contributed by atoms with Crippen LogP contribution >= 0.6 is 15.9 Å². The molecule has 1 aromatic heterocycles. The topological polar surface area (TPSA) is 45.8 Å². The maximum atomic E-state index is 13.3. The van der Waals surface area contributed by atoms with Crippen LogP contribution < -0.4 is 5.56 Å². The zero-order valence-electron chi connectivity index (χ0n) is 9.65. The van der Waals surface area contributed by atoms with Gasteiger partial charge in [0.15, 0.2) is 0 Å². The minimum atomic E-state index is -0.336. The molecule has 94 valence electrons. The summed E-state index contributed by atoms with van der Waals surface area (Å²) in [4.78, 5) is 11.7. The molecule has 0 bridgehead atoms. The van der Waals surface area contributed by atoms with Crippen molar-refractivity contribution in [2.75, 3.05) is 0 Å². The van der Waals surface area contributed by atoms with Crippen molar-refractivity contribution in [2.24, 2.45) is 0 Å². The Labute approximate surface area is 116 Å². The molecular formula is C14H8BrFN2O. The number of nitrogens with one attached hydrogen (secondary N) is 1. The lowest BCUT2D eigenvalue weighted by Gasteiger charge is -2.05. The van der Waals surface area contributed by atoms with Gasteiger partial charge < -0.3 is 0 Å². The second-order valence-corrected chi connectivity index (χ2v) is 4.93. The smallest absolute Gasteiger partial charge is 0.267 e. The molecule has 0 aliphatic carbocycles. The minimum absolute atomic E-state index is 0.236. The van der Waals surface area contributed by atoms with Crippen molar-refractivity contribution in [1.82, 2.24) is 10.2 Å². The molecule has 0 atom stereocenters. The van der Waals surface area contributed by atoms with Crippen molar-refractivity contribution in [2.45, 2.75) is 0 Å². The molecule has 0 saturated heterocycles. The Kier molecular flexibility index (Phi) is 2.91. The Hall–Kier alpha value is -2.01. The summed E-state index contributed by atoms with van der Waals surface area (Å²) in [5.74, 6) is -0.336. The molecule has 3 nitrogen and oxygen atoms in total. The van der Waals surface area contributed by atoms with Crippen molar-refractivity contribution in [3.63, 3.8) is 0 Å². The normalized spacial score (nSPS) is 10.8. The highest BCUT2D eigenvalue weighted by molar-refractivity contribution is 9.10. The fourth-order valence-electron chi connectivity index (χ4n) is 1.98. The summed E-state index contributed by atoms with van der Waals surface area (Å²) in [7, 11) is 0. The fourth-order valence-corrected chi connectivity index (χ4v) is 2.36. The molecular weight excluding hydrogens is 311 g/mol. The van der Waals surface area contributed by atoms with Crippen LogP contribution in [0.1, 0.15) is 0 Å². The van der Waals surface area contributed by atoms with Crippen LogP contribution in [0.25, 0.3) is 22.0 Å². The molecule has 0 aliphatic heterocycles. The van der Waals surface area contributed by atoms with E-state index in [4.69, 9.17) is 0 Å². The molecule has 1 N–H and O–H groups in total. The van der Waals surface area contributed by atoms with Gasteiger partial charge in [0.2, 0.25) is 0 Å². The molecule has 0 amide bonds. The molecule has 0 aliphatic rings. The summed E-state index contributed by atoms with van der Waals surface area (Å²) in [5, 5.41) is 7.83. The number of hydrogen-bond donors (Lipinski definition) is 1. The van der Waals surface area contributed by atoms with Crippen LogP contribution in [0.3, 0.4) is 0 Å². The number of halogens is 2. The van der Waals surface area contributed by atoms with Gasteiger partial charge in [-0.15, -0.1) is 0 Å². The van der Waals surface area contributed by atoms with Crippen molar-refractivity contribution in [3.05, 3.63) is 63.1 Å². The van der Waals surface area contributed by atoms with E-state index in [1.807, 2.05) is 12.1 Å². The van der Waals surface area contributed by atoms with Gasteiger partial charge in [-0.2, -0.15) is 5.10 Å². The first kappa shape index (κ1) is 12.0. The van der Waals surface area contributed by atoms with Crippen molar-refractivity contribution < 1.29 is 4.39 Å². The van der Waals surface area contributed by atoms with E-state index >= 15 is 0 Å². The quantitative estimate of drug-likeness (QED) is 0.746. The minimum Gasteiger partial charge on any atom is -0.267 e. The van der Waals surface area contributed by atoms with Crippen molar-refractivity contribution >= 4 is 26.7 Å². The van der Waals surface area contributed by atoms with Crippen LogP contribution in [0, 0.1) is 5.82 Å². The molecule has 0 radical (unpaired) electrons. The van der Waals surface area contributed by atoms with E-state index in [1.165, 1.54) is 6.07 Å². The SMILES string of the molecule is O=c1[nH]nc(-c2ccc(F)c(Br)c2)c2ccccc12. The number of nitrogens with zero attached hydrogens (tertiary/aromatic N) is 1. The van der Waals surface area contributed by atoms with Gasteiger partial charge in [-0.3, -0.25) is 4.79 Å². The zero-order chi connectivity index (χ0) is 13.4. The van der Waals surface area contributed by atoms with Gasteiger partial charge in [0, 0.05) is 10.9 Å². The van der Waals surface area contributed by atoms with Crippen molar-refractivity contribution in [1.29, 1.82) is 0 Å². The van der Waals surface area contributed by atoms with Crippen LogP contribution in [0.4, 0.5) is 4.39 Å². The Balaban J connectivity index is 2.34. The third-order valence-electron chi connectivity index (χ3n) is 2.89. The number of rotatable bonds is 1. The van der Waals surface area contributed by atoms with Crippen LogP contribution in [0.2, 0.25) is 0 Å². The summed E-state index contributed by atoms with van der Waals surface area (Å²) in [6, 6.07) is 11.8. The molecule has 0 saturated carbocycles. The Morgan fingerprint density at radius 1 is 1.11 bits per heavy atom. The van der Waals surface area contributed by atoms with E-state index in [0.717, 1.165) is 10.9 Å². The van der Waals surface area contributed by atoms with E-state index in [0.29, 0.717) is 15.6 Å². The van der Waals surface area contributed by atoms with Crippen LogP contribution in [-0.2, 0) is 0 Å². The Morgan fingerprint density at radius 2 is 1.84 bits per heavy atom. The van der Waals surface area contributed by atoms with Crippen LogP contribution in [0.15, 0.2) is 51.7 Å². The van der Waals surface area contributed by atoms with Crippen LogP contribution in [0.5, 0.6) is 0 Å². The summed E-state index contributed by atoms with van der Waals surface area (Å²) < 4.78 is 13.6. The van der Waals surface area contributed by atoms with E-state index in [2.05, 4.69) is 26.1 Å². The summed E-state index contributed by atoms with van der Waals surface area (Å²) in [5.41, 5.74) is 1.12. The summed E-state index contributed by atoms with van der Waals surface area (Å²) in [6.07, 6.45) is 0. The van der Waals surface area contributed by atoms with E-state index in [9.17, 15) is 9.18 Å². The van der Waals surface area contributed by atoms with E-state index in [-0.39, 0.29) is 11.4 Å². The third kappa shape index (κ3) is 2.06. The molecule has 19 heavy (non-hydrogen) atoms. The lowest BCUT2D eigenvalue weighted by Crippen LogP contribution is -2.09. The Bertz CT molecular complexity index is 829. The Morgan fingerprint density at radius 3 is 2.58 bits per heavy atom. The van der Waals surface area contributed by atoms with Gasteiger partial charge in [-0.1, -0.05) is 18.2 Å². The lowest BCUT2D eigenvalue weighted by atomic mass is 10.1. The lowest BCUT2D eigenvalue weighted by molar-refractivity contribution is 0.621. The first-order chi connectivity index (χ1) is 9.16. The molecule has 3 aromatic rings. The van der Waals surface area contributed by atoms with E-state index in [1.54, 1.807) is 24.3 Å². The maximum absolute atomic E-state index is 13.3. The molecule has 5 heteroatoms. The molecule has 0 spiro atoms. The molecule has 0 fully saturated rings. The first-order valence-corrected chi connectivity index (χ1v) is 6.39. The molecule has 1 heterocycles.